The second-order valence-electron chi connectivity index (χ2n) is 4.39. The van der Waals surface area contributed by atoms with Crippen LogP contribution in [0.5, 0.6) is 0 Å². The van der Waals surface area contributed by atoms with Gasteiger partial charge in [-0.25, -0.2) is 8.42 Å². The van der Waals surface area contributed by atoms with Crippen LogP contribution in [0.2, 0.25) is 0 Å². The highest BCUT2D eigenvalue weighted by Crippen LogP contribution is 2.34. The number of sulfonamides is 1. The van der Waals surface area contributed by atoms with E-state index in [0.29, 0.717) is 0 Å². The van der Waals surface area contributed by atoms with Gasteiger partial charge in [-0.05, 0) is 25.7 Å². The van der Waals surface area contributed by atoms with E-state index in [1.165, 1.54) is 4.31 Å². The molecule has 0 aromatic carbocycles. The van der Waals surface area contributed by atoms with Crippen LogP contribution in [-0.2, 0) is 10.0 Å². The summed E-state index contributed by atoms with van der Waals surface area (Å²) in [5, 5.41) is 8.52. The van der Waals surface area contributed by atoms with Gasteiger partial charge in [-0.3, -0.25) is 0 Å². The van der Waals surface area contributed by atoms with Crippen molar-refractivity contribution >= 4 is 10.0 Å². The van der Waals surface area contributed by atoms with E-state index in [1.54, 1.807) is 0 Å². The van der Waals surface area contributed by atoms with Crippen LogP contribution < -0.4 is 0 Å². The molecule has 2 aliphatic rings. The predicted octanol–water partition coefficient (Wildman–Crippen LogP) is 1.25. The van der Waals surface area contributed by atoms with Crippen molar-refractivity contribution in [1.29, 1.82) is 5.26 Å². The van der Waals surface area contributed by atoms with Gasteiger partial charge in [0.05, 0.1) is 11.3 Å². The van der Waals surface area contributed by atoms with Crippen molar-refractivity contribution in [3.05, 3.63) is 0 Å². The Labute approximate surface area is 90.9 Å². The number of nitriles is 1. The molecule has 15 heavy (non-hydrogen) atoms. The summed E-state index contributed by atoms with van der Waals surface area (Å²) in [5.74, 6) is 0. The highest BCUT2D eigenvalue weighted by Gasteiger charge is 2.43. The monoisotopic (exact) mass is 228 g/mol. The molecule has 0 aliphatic heterocycles. The molecule has 0 spiro atoms. The van der Waals surface area contributed by atoms with Crippen LogP contribution >= 0.6 is 0 Å². The summed E-state index contributed by atoms with van der Waals surface area (Å²) < 4.78 is 25.5. The number of nitrogens with zero attached hydrogens (tertiary/aromatic N) is 2. The zero-order valence-electron chi connectivity index (χ0n) is 8.72. The van der Waals surface area contributed by atoms with Crippen molar-refractivity contribution in [2.45, 2.75) is 49.8 Å². The molecule has 0 unspecified atom stereocenters. The van der Waals surface area contributed by atoms with Gasteiger partial charge in [0.15, 0.2) is 0 Å². The molecule has 0 saturated heterocycles. The van der Waals surface area contributed by atoms with E-state index in [9.17, 15) is 8.42 Å². The Hall–Kier alpha value is -0.600. The Kier molecular flexibility index (Phi) is 2.98. The number of hydrogen-bond donors (Lipinski definition) is 0. The van der Waals surface area contributed by atoms with Crippen molar-refractivity contribution in [3.63, 3.8) is 0 Å². The molecule has 0 heterocycles. The molecule has 0 aromatic rings. The average Bonchev–Trinajstić information content (AvgIpc) is 2.93. The highest BCUT2D eigenvalue weighted by molar-refractivity contribution is 7.90. The third-order valence-corrected chi connectivity index (χ3v) is 5.63. The van der Waals surface area contributed by atoms with Gasteiger partial charge in [-0.15, -0.1) is 0 Å². The van der Waals surface area contributed by atoms with E-state index in [1.807, 2.05) is 6.07 Å². The van der Waals surface area contributed by atoms with Gasteiger partial charge in [0.2, 0.25) is 10.0 Å². The molecule has 2 saturated carbocycles. The van der Waals surface area contributed by atoms with Crippen LogP contribution in [0.25, 0.3) is 0 Å². The first-order valence-electron chi connectivity index (χ1n) is 5.54. The first-order valence-corrected chi connectivity index (χ1v) is 7.04. The van der Waals surface area contributed by atoms with Gasteiger partial charge in [-0.1, -0.05) is 12.8 Å². The van der Waals surface area contributed by atoms with Gasteiger partial charge in [0.1, 0.15) is 6.54 Å². The smallest absolute Gasteiger partial charge is 0.212 e. The van der Waals surface area contributed by atoms with Gasteiger partial charge in [0.25, 0.3) is 0 Å². The fourth-order valence-electron chi connectivity index (χ4n) is 2.25. The normalized spacial score (nSPS) is 23.2. The minimum atomic E-state index is -3.16. The molecule has 0 aromatic heterocycles. The Bertz CT molecular complexity index is 361. The molecule has 0 radical (unpaired) electrons. The molecule has 2 fully saturated rings. The molecule has 0 N–H and O–H groups in total. The number of hydrogen-bond acceptors (Lipinski definition) is 3. The Morgan fingerprint density at radius 2 is 1.80 bits per heavy atom. The van der Waals surface area contributed by atoms with E-state index in [-0.39, 0.29) is 17.8 Å². The predicted molar refractivity (Wildman–Crippen MR) is 56.5 cm³/mol. The van der Waals surface area contributed by atoms with Crippen molar-refractivity contribution in [3.8, 4) is 6.07 Å². The van der Waals surface area contributed by atoms with E-state index >= 15 is 0 Å². The Morgan fingerprint density at radius 1 is 1.20 bits per heavy atom. The van der Waals surface area contributed by atoms with Crippen molar-refractivity contribution in [1.82, 2.24) is 4.31 Å². The summed E-state index contributed by atoms with van der Waals surface area (Å²) in [7, 11) is -3.16. The van der Waals surface area contributed by atoms with E-state index in [0.717, 1.165) is 38.5 Å². The lowest BCUT2D eigenvalue weighted by atomic mass is 10.2. The largest absolute Gasteiger partial charge is 0.218 e. The average molecular weight is 228 g/mol. The van der Waals surface area contributed by atoms with E-state index in [4.69, 9.17) is 5.26 Å². The quantitative estimate of drug-likeness (QED) is 0.680. The summed E-state index contributed by atoms with van der Waals surface area (Å²) in [6, 6.07) is 2.07. The fraction of sp³-hybridized carbons (Fsp3) is 0.900. The van der Waals surface area contributed by atoms with Crippen LogP contribution in [0, 0.1) is 11.3 Å². The first kappa shape index (κ1) is 10.9. The fourth-order valence-corrected chi connectivity index (χ4v) is 4.22. The van der Waals surface area contributed by atoms with E-state index < -0.39 is 10.0 Å². The SMILES string of the molecule is N#CCN(C1CCCC1)S(=O)(=O)C1CC1. The molecule has 84 valence electrons. The second kappa shape index (κ2) is 4.11. The minimum absolute atomic E-state index is 0.0312. The van der Waals surface area contributed by atoms with Crippen molar-refractivity contribution < 1.29 is 8.42 Å². The zero-order chi connectivity index (χ0) is 10.9. The molecule has 2 aliphatic carbocycles. The second-order valence-corrected chi connectivity index (χ2v) is 6.55. The third kappa shape index (κ3) is 2.16. The lowest BCUT2D eigenvalue weighted by Gasteiger charge is -2.25. The van der Waals surface area contributed by atoms with Crippen LogP contribution in [-0.4, -0.2) is 30.6 Å². The number of rotatable bonds is 4. The first-order chi connectivity index (χ1) is 7.16. The molecule has 5 heteroatoms. The van der Waals surface area contributed by atoms with Gasteiger partial charge >= 0.3 is 0 Å². The lowest BCUT2D eigenvalue weighted by Crippen LogP contribution is -2.41. The third-order valence-electron chi connectivity index (χ3n) is 3.23. The molecule has 4 nitrogen and oxygen atoms in total. The zero-order valence-corrected chi connectivity index (χ0v) is 9.54. The lowest BCUT2D eigenvalue weighted by molar-refractivity contribution is 0.349. The maximum atomic E-state index is 12.0. The summed E-state index contributed by atoms with van der Waals surface area (Å²) in [5.41, 5.74) is 0. The Balaban J connectivity index is 2.14. The standard InChI is InChI=1S/C10H16N2O2S/c11-7-8-12(9-3-1-2-4-9)15(13,14)10-5-6-10/h9-10H,1-6,8H2. The summed E-state index contributed by atoms with van der Waals surface area (Å²) in [4.78, 5) is 0. The topological polar surface area (TPSA) is 61.2 Å². The van der Waals surface area contributed by atoms with Crippen molar-refractivity contribution in [2.75, 3.05) is 6.54 Å². The molecular weight excluding hydrogens is 212 g/mol. The molecule has 2 rings (SSSR count). The maximum absolute atomic E-state index is 12.0. The summed E-state index contributed by atoms with van der Waals surface area (Å²) >= 11 is 0. The molecular formula is C10H16N2O2S. The van der Waals surface area contributed by atoms with Crippen LogP contribution in [0.4, 0.5) is 0 Å². The molecule has 0 amide bonds. The molecule has 0 atom stereocenters. The van der Waals surface area contributed by atoms with Crippen LogP contribution in [0.1, 0.15) is 38.5 Å². The van der Waals surface area contributed by atoms with E-state index in [2.05, 4.69) is 0 Å². The Morgan fingerprint density at radius 3 is 2.27 bits per heavy atom. The summed E-state index contributed by atoms with van der Waals surface area (Å²) in [6.45, 7) is 0.0312. The van der Waals surface area contributed by atoms with Gasteiger partial charge < -0.3 is 0 Å². The van der Waals surface area contributed by atoms with Crippen molar-refractivity contribution in [2.24, 2.45) is 0 Å². The van der Waals surface area contributed by atoms with Gasteiger partial charge in [0, 0.05) is 6.04 Å². The maximum Gasteiger partial charge on any atom is 0.218 e. The van der Waals surface area contributed by atoms with Crippen LogP contribution in [0.15, 0.2) is 0 Å². The van der Waals surface area contributed by atoms with Crippen LogP contribution in [0.3, 0.4) is 0 Å². The summed E-state index contributed by atoms with van der Waals surface area (Å²) in [6.07, 6.45) is 5.58. The molecule has 0 bridgehead atoms. The minimum Gasteiger partial charge on any atom is -0.212 e. The highest BCUT2D eigenvalue weighted by atomic mass is 32.2. The van der Waals surface area contributed by atoms with Gasteiger partial charge in [-0.2, -0.15) is 9.57 Å².